The first-order valence-corrected chi connectivity index (χ1v) is 5.98. The maximum absolute atomic E-state index is 12.4. The summed E-state index contributed by atoms with van der Waals surface area (Å²) >= 11 is 0. The van der Waals surface area contributed by atoms with Gasteiger partial charge in [-0.3, -0.25) is 9.59 Å². The Bertz CT molecular complexity index is 450. The summed E-state index contributed by atoms with van der Waals surface area (Å²) in [6.07, 6.45) is 0. The fourth-order valence-corrected chi connectivity index (χ4v) is 1.63. The van der Waals surface area contributed by atoms with Crippen LogP contribution in [0.4, 0.5) is 0 Å². The minimum absolute atomic E-state index is 0. The third-order valence-corrected chi connectivity index (χ3v) is 2.63. The fourth-order valence-electron chi connectivity index (χ4n) is 1.63. The molecule has 0 heterocycles. The van der Waals surface area contributed by atoms with Crippen molar-refractivity contribution in [3.8, 4) is 0 Å². The molecule has 0 aliphatic rings. The first kappa shape index (κ1) is 18.6. The summed E-state index contributed by atoms with van der Waals surface area (Å²) < 4.78 is 10.2. The summed E-state index contributed by atoms with van der Waals surface area (Å²) in [5, 5.41) is 0. The highest BCUT2D eigenvalue weighted by atomic mass is 35.5. The third kappa shape index (κ3) is 4.59. The summed E-state index contributed by atoms with van der Waals surface area (Å²) in [5.74, 6) is -0.951. The van der Waals surface area contributed by atoms with Crippen LogP contribution in [0.3, 0.4) is 0 Å². The molecule has 0 amide bonds. The van der Waals surface area contributed by atoms with Gasteiger partial charge in [0.25, 0.3) is 0 Å². The number of hydrogen-bond donors (Lipinski definition) is 1. The Kier molecular flexibility index (Phi) is 7.42. The largest absolute Gasteiger partial charge is 0.447 e. The van der Waals surface area contributed by atoms with E-state index in [0.29, 0.717) is 5.56 Å². The Hall–Kier alpha value is -1.43. The summed E-state index contributed by atoms with van der Waals surface area (Å²) in [6.45, 7) is 2.99. The summed E-state index contributed by atoms with van der Waals surface area (Å²) in [7, 11) is 1.44. The van der Waals surface area contributed by atoms with E-state index in [4.69, 9.17) is 15.2 Å². The number of Topliss-reactive ketones (excluding diaryl/α,β-unsaturated/α-hetero) is 1. The second kappa shape index (κ2) is 7.99. The van der Waals surface area contributed by atoms with E-state index < -0.39 is 17.6 Å². The molecule has 1 aromatic carbocycles. The highest BCUT2D eigenvalue weighted by Gasteiger charge is 2.38. The van der Waals surface area contributed by atoms with Gasteiger partial charge in [-0.25, -0.2) is 0 Å². The number of ether oxygens (including phenoxy) is 2. The minimum atomic E-state index is -1.37. The molecule has 1 rings (SSSR count). The SMILES string of the molecule is COC[C@](C)(OC(=O)C(C)N)C(=O)c1ccccc1.Cl. The number of benzene rings is 1. The molecule has 0 aliphatic carbocycles. The van der Waals surface area contributed by atoms with Gasteiger partial charge in [0.2, 0.25) is 5.78 Å². The molecule has 0 radical (unpaired) electrons. The number of esters is 1. The predicted molar refractivity (Wildman–Crippen MR) is 78.0 cm³/mol. The number of halogens is 1. The lowest BCUT2D eigenvalue weighted by Gasteiger charge is -2.28. The van der Waals surface area contributed by atoms with Gasteiger partial charge < -0.3 is 15.2 Å². The van der Waals surface area contributed by atoms with Crippen molar-refractivity contribution in [3.63, 3.8) is 0 Å². The lowest BCUT2D eigenvalue weighted by Crippen LogP contribution is -2.47. The van der Waals surface area contributed by atoms with Crippen LogP contribution in [0.25, 0.3) is 0 Å². The average Bonchev–Trinajstić information content (AvgIpc) is 2.39. The molecule has 0 bridgehead atoms. The van der Waals surface area contributed by atoms with Crippen LogP contribution < -0.4 is 5.73 Å². The first-order chi connectivity index (χ1) is 8.90. The van der Waals surface area contributed by atoms with Gasteiger partial charge in [-0.05, 0) is 13.8 Å². The van der Waals surface area contributed by atoms with Crippen molar-refractivity contribution < 1.29 is 19.1 Å². The maximum Gasteiger partial charge on any atom is 0.323 e. The predicted octanol–water partition coefficient (Wildman–Crippen LogP) is 1.59. The van der Waals surface area contributed by atoms with Crippen LogP contribution in [0.5, 0.6) is 0 Å². The summed E-state index contributed by atoms with van der Waals surface area (Å²) in [5.41, 5.74) is 4.54. The topological polar surface area (TPSA) is 78.6 Å². The Morgan fingerprint density at radius 1 is 1.30 bits per heavy atom. The molecule has 2 N–H and O–H groups in total. The van der Waals surface area contributed by atoms with E-state index >= 15 is 0 Å². The van der Waals surface area contributed by atoms with Crippen LogP contribution >= 0.6 is 12.4 Å². The van der Waals surface area contributed by atoms with Crippen molar-refractivity contribution in [2.75, 3.05) is 13.7 Å². The van der Waals surface area contributed by atoms with E-state index in [1.54, 1.807) is 30.3 Å². The molecule has 20 heavy (non-hydrogen) atoms. The molecule has 112 valence electrons. The molecule has 1 aromatic rings. The van der Waals surface area contributed by atoms with Crippen molar-refractivity contribution in [1.82, 2.24) is 0 Å². The molecule has 0 aromatic heterocycles. The zero-order valence-corrected chi connectivity index (χ0v) is 12.6. The Labute approximate surface area is 124 Å². The van der Waals surface area contributed by atoms with Gasteiger partial charge in [0, 0.05) is 12.7 Å². The number of nitrogens with two attached hydrogens (primary N) is 1. The fraction of sp³-hybridized carbons (Fsp3) is 0.429. The van der Waals surface area contributed by atoms with Gasteiger partial charge in [0.1, 0.15) is 6.04 Å². The normalized spacial score (nSPS) is 14.6. The maximum atomic E-state index is 12.4. The zero-order chi connectivity index (χ0) is 14.5. The van der Waals surface area contributed by atoms with Crippen LogP contribution in [0.2, 0.25) is 0 Å². The molecule has 0 saturated carbocycles. The molecule has 0 aliphatic heterocycles. The third-order valence-electron chi connectivity index (χ3n) is 2.63. The summed E-state index contributed by atoms with van der Waals surface area (Å²) in [6, 6.07) is 7.83. The minimum Gasteiger partial charge on any atom is -0.447 e. The average molecular weight is 302 g/mol. The molecule has 2 atom stereocenters. The van der Waals surface area contributed by atoms with E-state index in [-0.39, 0.29) is 24.8 Å². The highest BCUT2D eigenvalue weighted by Crippen LogP contribution is 2.19. The van der Waals surface area contributed by atoms with E-state index in [2.05, 4.69) is 0 Å². The molecular formula is C14H20ClNO4. The number of rotatable bonds is 6. The van der Waals surface area contributed by atoms with Gasteiger partial charge >= 0.3 is 5.97 Å². The smallest absolute Gasteiger partial charge is 0.323 e. The first-order valence-electron chi connectivity index (χ1n) is 5.98. The van der Waals surface area contributed by atoms with E-state index in [1.807, 2.05) is 0 Å². The molecule has 5 nitrogen and oxygen atoms in total. The van der Waals surface area contributed by atoms with Gasteiger partial charge in [-0.1, -0.05) is 30.3 Å². The van der Waals surface area contributed by atoms with Crippen LogP contribution in [0.1, 0.15) is 24.2 Å². The monoisotopic (exact) mass is 301 g/mol. The molecular weight excluding hydrogens is 282 g/mol. The van der Waals surface area contributed by atoms with Crippen LogP contribution in [-0.4, -0.2) is 37.1 Å². The van der Waals surface area contributed by atoms with Crippen LogP contribution in [-0.2, 0) is 14.3 Å². The zero-order valence-electron chi connectivity index (χ0n) is 11.8. The summed E-state index contributed by atoms with van der Waals surface area (Å²) in [4.78, 5) is 24.0. The lowest BCUT2D eigenvalue weighted by molar-refractivity contribution is -0.158. The molecule has 6 heteroatoms. The standard InChI is InChI=1S/C14H19NO4.ClH/c1-10(15)13(17)19-14(2,9-18-3)12(16)11-7-5-4-6-8-11;/h4-8,10H,9,15H2,1-3H3;1H/t10?,14-;/m0./s1. The van der Waals surface area contributed by atoms with Gasteiger partial charge in [0.05, 0.1) is 6.61 Å². The van der Waals surface area contributed by atoms with E-state index in [9.17, 15) is 9.59 Å². The number of methoxy groups -OCH3 is 1. The van der Waals surface area contributed by atoms with Crippen molar-refractivity contribution in [2.45, 2.75) is 25.5 Å². The van der Waals surface area contributed by atoms with Crippen LogP contribution in [0.15, 0.2) is 30.3 Å². The molecule has 0 fully saturated rings. The number of ketones is 1. The Balaban J connectivity index is 0.00000361. The molecule has 0 spiro atoms. The van der Waals surface area contributed by atoms with E-state index in [1.165, 1.54) is 21.0 Å². The van der Waals surface area contributed by atoms with Crippen molar-refractivity contribution in [2.24, 2.45) is 5.73 Å². The number of carbonyl (C=O) groups excluding carboxylic acids is 2. The number of hydrogen-bond acceptors (Lipinski definition) is 5. The van der Waals surface area contributed by atoms with Gasteiger partial charge in [-0.2, -0.15) is 0 Å². The Morgan fingerprint density at radius 3 is 2.30 bits per heavy atom. The second-order valence-electron chi connectivity index (χ2n) is 4.57. The highest BCUT2D eigenvalue weighted by molar-refractivity contribution is 6.03. The van der Waals surface area contributed by atoms with Crippen LogP contribution in [0, 0.1) is 0 Å². The van der Waals surface area contributed by atoms with Crippen molar-refractivity contribution >= 4 is 24.2 Å². The second-order valence-corrected chi connectivity index (χ2v) is 4.57. The van der Waals surface area contributed by atoms with Crippen molar-refractivity contribution in [3.05, 3.63) is 35.9 Å². The van der Waals surface area contributed by atoms with Crippen molar-refractivity contribution in [1.29, 1.82) is 0 Å². The Morgan fingerprint density at radius 2 is 1.85 bits per heavy atom. The molecule has 1 unspecified atom stereocenters. The quantitative estimate of drug-likeness (QED) is 0.637. The van der Waals surface area contributed by atoms with Gasteiger partial charge in [-0.15, -0.1) is 12.4 Å². The number of carbonyl (C=O) groups is 2. The molecule has 0 saturated heterocycles. The van der Waals surface area contributed by atoms with E-state index in [0.717, 1.165) is 0 Å². The van der Waals surface area contributed by atoms with Gasteiger partial charge in [0.15, 0.2) is 5.60 Å². The lowest BCUT2D eigenvalue weighted by atomic mass is 9.95.